The van der Waals surface area contributed by atoms with Crippen LogP contribution in [0.25, 0.3) is 0 Å². The second kappa shape index (κ2) is 7.08. The van der Waals surface area contributed by atoms with Gasteiger partial charge < -0.3 is 5.32 Å². The first kappa shape index (κ1) is 16.0. The lowest BCUT2D eigenvalue weighted by atomic mass is 10.3. The summed E-state index contributed by atoms with van der Waals surface area (Å²) in [5.74, 6) is 0. The van der Waals surface area contributed by atoms with Crippen molar-refractivity contribution in [3.8, 4) is 0 Å². The lowest BCUT2D eigenvalue weighted by Crippen LogP contribution is -2.24. The number of rotatable bonds is 7. The highest BCUT2D eigenvalue weighted by Crippen LogP contribution is 2.10. The van der Waals surface area contributed by atoms with Crippen molar-refractivity contribution in [3.63, 3.8) is 0 Å². The molecule has 21 heavy (non-hydrogen) atoms. The zero-order valence-corrected chi connectivity index (χ0v) is 13.6. The molecule has 0 amide bonds. The SMILES string of the molecule is CCNCc1ccc(S(=O)(=O)NCc2csc(C)n2)nc1. The van der Waals surface area contributed by atoms with Gasteiger partial charge in [0.15, 0.2) is 5.03 Å². The number of sulfonamides is 1. The third-order valence-corrected chi connectivity index (χ3v) is 4.90. The summed E-state index contributed by atoms with van der Waals surface area (Å²) in [6.45, 7) is 5.60. The molecule has 0 spiro atoms. The zero-order chi connectivity index (χ0) is 15.3. The van der Waals surface area contributed by atoms with Crippen molar-refractivity contribution >= 4 is 21.4 Å². The molecule has 2 rings (SSSR count). The van der Waals surface area contributed by atoms with Crippen LogP contribution < -0.4 is 10.0 Å². The average molecular weight is 326 g/mol. The fourth-order valence-corrected chi connectivity index (χ4v) is 3.21. The number of aryl methyl sites for hydroxylation is 1. The molecule has 0 aliphatic heterocycles. The molecule has 2 heterocycles. The predicted molar refractivity (Wildman–Crippen MR) is 82.5 cm³/mol. The largest absolute Gasteiger partial charge is 0.313 e. The first-order valence-corrected chi connectivity index (χ1v) is 8.94. The van der Waals surface area contributed by atoms with Crippen LogP contribution in [0.1, 0.15) is 23.2 Å². The Morgan fingerprint density at radius 3 is 2.67 bits per heavy atom. The highest BCUT2D eigenvalue weighted by atomic mass is 32.2. The van der Waals surface area contributed by atoms with Gasteiger partial charge in [-0.15, -0.1) is 11.3 Å². The standard InChI is InChI=1S/C13H18N4O2S2/c1-3-14-6-11-4-5-13(15-7-11)21(18,19)16-8-12-9-20-10(2)17-12/h4-5,7,9,14,16H,3,6,8H2,1-2H3. The minimum atomic E-state index is -3.60. The van der Waals surface area contributed by atoms with E-state index in [0.29, 0.717) is 12.2 Å². The number of nitrogens with one attached hydrogen (secondary N) is 2. The Kier molecular flexibility index (Phi) is 5.40. The fraction of sp³-hybridized carbons (Fsp3) is 0.385. The van der Waals surface area contributed by atoms with E-state index in [-0.39, 0.29) is 11.6 Å². The number of thiazole rings is 1. The highest BCUT2D eigenvalue weighted by Gasteiger charge is 2.15. The van der Waals surface area contributed by atoms with Crippen LogP contribution >= 0.6 is 11.3 Å². The van der Waals surface area contributed by atoms with Crippen molar-refractivity contribution in [2.45, 2.75) is 32.0 Å². The quantitative estimate of drug-likeness (QED) is 0.804. The van der Waals surface area contributed by atoms with E-state index >= 15 is 0 Å². The summed E-state index contributed by atoms with van der Waals surface area (Å²) < 4.78 is 26.8. The van der Waals surface area contributed by atoms with E-state index in [1.807, 2.05) is 19.2 Å². The van der Waals surface area contributed by atoms with E-state index in [0.717, 1.165) is 17.1 Å². The van der Waals surface area contributed by atoms with Gasteiger partial charge in [0.2, 0.25) is 0 Å². The van der Waals surface area contributed by atoms with E-state index in [9.17, 15) is 8.42 Å². The molecule has 0 bridgehead atoms. The third-order valence-electron chi connectivity index (χ3n) is 2.76. The molecule has 0 fully saturated rings. The van der Waals surface area contributed by atoms with Gasteiger partial charge in [0.05, 0.1) is 17.2 Å². The lowest BCUT2D eigenvalue weighted by Gasteiger charge is -2.06. The first-order valence-electron chi connectivity index (χ1n) is 6.57. The zero-order valence-electron chi connectivity index (χ0n) is 12.0. The first-order chi connectivity index (χ1) is 10.0. The van der Waals surface area contributed by atoms with E-state index in [1.54, 1.807) is 12.3 Å². The van der Waals surface area contributed by atoms with E-state index in [4.69, 9.17) is 0 Å². The van der Waals surface area contributed by atoms with Gasteiger partial charge in [0, 0.05) is 18.1 Å². The summed E-state index contributed by atoms with van der Waals surface area (Å²) in [4.78, 5) is 8.23. The maximum absolute atomic E-state index is 12.1. The maximum atomic E-state index is 12.1. The molecule has 0 unspecified atom stereocenters. The molecule has 0 saturated carbocycles. The Balaban J connectivity index is 2.01. The fourth-order valence-electron chi connectivity index (χ4n) is 1.68. The molecule has 0 atom stereocenters. The van der Waals surface area contributed by atoms with Crippen molar-refractivity contribution < 1.29 is 8.42 Å². The molecule has 0 saturated heterocycles. The molecule has 0 aliphatic rings. The number of nitrogens with zero attached hydrogens (tertiary/aromatic N) is 2. The predicted octanol–water partition coefficient (Wildman–Crippen LogP) is 1.43. The molecule has 0 radical (unpaired) electrons. The van der Waals surface area contributed by atoms with Crippen molar-refractivity contribution in [3.05, 3.63) is 40.0 Å². The number of hydrogen-bond donors (Lipinski definition) is 2. The second-order valence-electron chi connectivity index (χ2n) is 4.47. The van der Waals surface area contributed by atoms with Crippen LogP contribution in [0, 0.1) is 6.92 Å². The number of pyridine rings is 1. The van der Waals surface area contributed by atoms with Crippen molar-refractivity contribution in [2.75, 3.05) is 6.54 Å². The molecule has 2 aromatic heterocycles. The normalized spacial score (nSPS) is 11.7. The molecule has 8 heteroatoms. The van der Waals surface area contributed by atoms with Crippen molar-refractivity contribution in [1.29, 1.82) is 0 Å². The van der Waals surface area contributed by atoms with E-state index in [1.165, 1.54) is 17.4 Å². The molecule has 6 nitrogen and oxygen atoms in total. The summed E-state index contributed by atoms with van der Waals surface area (Å²) in [6.07, 6.45) is 1.57. The van der Waals surface area contributed by atoms with Gasteiger partial charge in [0.1, 0.15) is 0 Å². The van der Waals surface area contributed by atoms with E-state index in [2.05, 4.69) is 20.0 Å². The summed E-state index contributed by atoms with van der Waals surface area (Å²) in [5, 5.41) is 5.93. The van der Waals surface area contributed by atoms with E-state index < -0.39 is 10.0 Å². The minimum absolute atomic E-state index is 0.0229. The van der Waals surface area contributed by atoms with Gasteiger partial charge in [-0.2, -0.15) is 0 Å². The second-order valence-corrected chi connectivity index (χ2v) is 7.24. The molecule has 0 aromatic carbocycles. The molecule has 0 aliphatic carbocycles. The number of hydrogen-bond acceptors (Lipinski definition) is 6. The summed E-state index contributed by atoms with van der Waals surface area (Å²) in [5.41, 5.74) is 1.66. The Labute approximate surface area is 128 Å². The van der Waals surface area contributed by atoms with Crippen LogP contribution in [0.3, 0.4) is 0 Å². The molecular weight excluding hydrogens is 308 g/mol. The maximum Gasteiger partial charge on any atom is 0.258 e. The summed E-state index contributed by atoms with van der Waals surface area (Å²) in [7, 11) is -3.60. The minimum Gasteiger partial charge on any atom is -0.313 e. The van der Waals surface area contributed by atoms with Gasteiger partial charge in [0.25, 0.3) is 10.0 Å². The van der Waals surface area contributed by atoms with Crippen LogP contribution in [-0.4, -0.2) is 24.9 Å². The molecular formula is C13H18N4O2S2. The molecule has 114 valence electrons. The van der Waals surface area contributed by atoms with Crippen molar-refractivity contribution in [1.82, 2.24) is 20.0 Å². The van der Waals surface area contributed by atoms with Gasteiger partial charge >= 0.3 is 0 Å². The Morgan fingerprint density at radius 2 is 2.10 bits per heavy atom. The van der Waals surface area contributed by atoms with Crippen LogP contribution in [0.15, 0.2) is 28.7 Å². The average Bonchev–Trinajstić information content (AvgIpc) is 2.89. The monoisotopic (exact) mass is 326 g/mol. The summed E-state index contributed by atoms with van der Waals surface area (Å²) in [6, 6.07) is 3.28. The third kappa shape index (κ3) is 4.57. The van der Waals surface area contributed by atoms with Gasteiger partial charge in [-0.1, -0.05) is 13.0 Å². The van der Waals surface area contributed by atoms with Crippen LogP contribution in [0.4, 0.5) is 0 Å². The van der Waals surface area contributed by atoms with Gasteiger partial charge in [-0.25, -0.2) is 23.1 Å². The summed E-state index contributed by atoms with van der Waals surface area (Å²) >= 11 is 1.49. The van der Waals surface area contributed by atoms with Crippen molar-refractivity contribution in [2.24, 2.45) is 0 Å². The topological polar surface area (TPSA) is 84.0 Å². The van der Waals surface area contributed by atoms with Gasteiger partial charge in [-0.3, -0.25) is 0 Å². The lowest BCUT2D eigenvalue weighted by molar-refractivity contribution is 0.576. The Morgan fingerprint density at radius 1 is 1.29 bits per heavy atom. The van der Waals surface area contributed by atoms with Gasteiger partial charge in [-0.05, 0) is 25.1 Å². The number of aromatic nitrogens is 2. The Hall–Kier alpha value is -1.35. The van der Waals surface area contributed by atoms with Crippen LogP contribution in [0.2, 0.25) is 0 Å². The van der Waals surface area contributed by atoms with Crippen LogP contribution in [0.5, 0.6) is 0 Å². The molecule has 2 aromatic rings. The highest BCUT2D eigenvalue weighted by molar-refractivity contribution is 7.89. The van der Waals surface area contributed by atoms with Crippen LogP contribution in [-0.2, 0) is 23.1 Å². The Bertz CT molecular complexity index is 680. The smallest absolute Gasteiger partial charge is 0.258 e. The molecule has 2 N–H and O–H groups in total.